The summed E-state index contributed by atoms with van der Waals surface area (Å²) in [5, 5.41) is 8.64. The molecule has 174 valence electrons. The fourth-order valence-corrected chi connectivity index (χ4v) is 4.19. The molecule has 0 spiro atoms. The lowest BCUT2D eigenvalue weighted by Gasteiger charge is -2.11. The Morgan fingerprint density at radius 1 is 0.889 bits per heavy atom. The van der Waals surface area contributed by atoms with Crippen molar-refractivity contribution in [2.75, 3.05) is 5.32 Å². The van der Waals surface area contributed by atoms with E-state index in [-0.39, 0.29) is 5.91 Å². The van der Waals surface area contributed by atoms with Gasteiger partial charge in [-0.05, 0) is 61.0 Å². The number of fused-ring (bicyclic) bond motifs is 1. The maximum absolute atomic E-state index is 13.0. The molecule has 0 bridgehead atoms. The fraction of sp³-hybridized carbons (Fsp3) is 0.0345. The van der Waals surface area contributed by atoms with Crippen molar-refractivity contribution in [1.29, 1.82) is 0 Å². The second-order valence-corrected chi connectivity index (χ2v) is 8.56. The summed E-state index contributed by atoms with van der Waals surface area (Å²) in [5.74, 6) is -0.186. The lowest BCUT2D eigenvalue weighted by Crippen LogP contribution is -2.12. The molecule has 2 N–H and O–H groups in total. The molecule has 7 nitrogen and oxygen atoms in total. The molecular weight excluding hydrogens is 448 g/mol. The van der Waals surface area contributed by atoms with E-state index in [1.165, 1.54) is 0 Å². The van der Waals surface area contributed by atoms with Gasteiger partial charge in [0.05, 0.1) is 17.6 Å². The summed E-state index contributed by atoms with van der Waals surface area (Å²) in [5.41, 5.74) is 7.71. The van der Waals surface area contributed by atoms with Gasteiger partial charge in [-0.25, -0.2) is 9.67 Å². The Hall–Kier alpha value is -5.04. The van der Waals surface area contributed by atoms with Crippen LogP contribution in [-0.2, 0) is 0 Å². The van der Waals surface area contributed by atoms with Crippen molar-refractivity contribution in [2.45, 2.75) is 6.92 Å². The first-order valence-electron chi connectivity index (χ1n) is 11.6. The summed E-state index contributed by atoms with van der Waals surface area (Å²) < 4.78 is 1.82. The molecule has 7 heteroatoms. The zero-order chi connectivity index (χ0) is 24.5. The second-order valence-electron chi connectivity index (χ2n) is 8.56. The number of carbonyl (C=O) groups excluding carboxylic acids is 1. The van der Waals surface area contributed by atoms with Crippen LogP contribution in [0.5, 0.6) is 0 Å². The first-order chi connectivity index (χ1) is 17.6. The molecule has 0 unspecified atom stereocenters. The van der Waals surface area contributed by atoms with Gasteiger partial charge in [-0.15, -0.1) is 0 Å². The van der Waals surface area contributed by atoms with Crippen molar-refractivity contribution < 1.29 is 4.79 Å². The molecular formula is C29H22N6O. The third-order valence-electron chi connectivity index (χ3n) is 6.12. The van der Waals surface area contributed by atoms with Crippen LogP contribution in [0.15, 0.2) is 104 Å². The van der Waals surface area contributed by atoms with Gasteiger partial charge in [0.2, 0.25) is 0 Å². The van der Waals surface area contributed by atoms with E-state index in [4.69, 9.17) is 0 Å². The number of rotatable bonds is 5. The Labute approximate surface area is 207 Å². The maximum Gasteiger partial charge on any atom is 0.255 e. The van der Waals surface area contributed by atoms with Crippen LogP contribution in [0.3, 0.4) is 0 Å². The van der Waals surface area contributed by atoms with Crippen molar-refractivity contribution in [3.63, 3.8) is 0 Å². The highest BCUT2D eigenvalue weighted by Gasteiger charge is 2.12. The van der Waals surface area contributed by atoms with Gasteiger partial charge in [0.25, 0.3) is 5.91 Å². The number of nitrogens with one attached hydrogen (secondary N) is 2. The highest BCUT2D eigenvalue weighted by molar-refractivity contribution is 6.05. The second kappa shape index (κ2) is 8.96. The number of amides is 1. The van der Waals surface area contributed by atoms with E-state index in [0.717, 1.165) is 44.7 Å². The molecule has 0 saturated heterocycles. The lowest BCUT2D eigenvalue weighted by molar-refractivity contribution is 0.102. The summed E-state index contributed by atoms with van der Waals surface area (Å²) in [6, 6.07) is 23.1. The van der Waals surface area contributed by atoms with E-state index in [1.54, 1.807) is 12.3 Å². The first-order valence-corrected chi connectivity index (χ1v) is 11.6. The number of benzene rings is 2. The van der Waals surface area contributed by atoms with Gasteiger partial charge < -0.3 is 10.3 Å². The van der Waals surface area contributed by atoms with Crippen LogP contribution in [0.25, 0.3) is 39.1 Å². The smallest absolute Gasteiger partial charge is 0.255 e. The number of aromatic amines is 1. The normalized spacial score (nSPS) is 11.0. The fourth-order valence-electron chi connectivity index (χ4n) is 4.19. The number of carbonyl (C=O) groups is 1. The topological polar surface area (TPSA) is 88.5 Å². The van der Waals surface area contributed by atoms with Crippen LogP contribution in [0.1, 0.15) is 15.9 Å². The van der Waals surface area contributed by atoms with E-state index in [9.17, 15) is 4.79 Å². The van der Waals surface area contributed by atoms with Crippen LogP contribution >= 0.6 is 0 Å². The Kier molecular flexibility index (Phi) is 5.35. The predicted octanol–water partition coefficient (Wildman–Crippen LogP) is 6.04. The molecule has 1 amide bonds. The van der Waals surface area contributed by atoms with E-state index in [1.807, 2.05) is 97.1 Å². The zero-order valence-electron chi connectivity index (χ0n) is 19.5. The molecule has 0 saturated carbocycles. The minimum atomic E-state index is -0.186. The van der Waals surface area contributed by atoms with Gasteiger partial charge in [0, 0.05) is 58.1 Å². The summed E-state index contributed by atoms with van der Waals surface area (Å²) in [6.07, 6.45) is 9.25. The summed E-state index contributed by atoms with van der Waals surface area (Å²) >= 11 is 0. The third-order valence-corrected chi connectivity index (χ3v) is 6.12. The van der Waals surface area contributed by atoms with Crippen LogP contribution in [0, 0.1) is 6.92 Å². The van der Waals surface area contributed by atoms with Gasteiger partial charge >= 0.3 is 0 Å². The molecule has 0 aliphatic carbocycles. The minimum absolute atomic E-state index is 0.186. The predicted molar refractivity (Wildman–Crippen MR) is 141 cm³/mol. The number of hydrogen-bond acceptors (Lipinski definition) is 4. The monoisotopic (exact) mass is 470 g/mol. The molecule has 36 heavy (non-hydrogen) atoms. The lowest BCUT2D eigenvalue weighted by atomic mass is 10.1. The van der Waals surface area contributed by atoms with Crippen LogP contribution in [0.2, 0.25) is 0 Å². The Balaban J connectivity index is 1.25. The van der Waals surface area contributed by atoms with Crippen molar-refractivity contribution in [3.8, 4) is 28.1 Å². The quantitative estimate of drug-likeness (QED) is 0.322. The van der Waals surface area contributed by atoms with E-state index >= 15 is 0 Å². The Bertz CT molecular complexity index is 1700. The Morgan fingerprint density at radius 2 is 1.83 bits per heavy atom. The average molecular weight is 471 g/mol. The van der Waals surface area contributed by atoms with Gasteiger partial charge in [0.15, 0.2) is 0 Å². The van der Waals surface area contributed by atoms with Gasteiger partial charge in [-0.2, -0.15) is 5.10 Å². The molecule has 4 aromatic heterocycles. The van der Waals surface area contributed by atoms with Crippen LogP contribution < -0.4 is 5.32 Å². The third kappa shape index (κ3) is 4.14. The van der Waals surface area contributed by atoms with Crippen LogP contribution in [0.4, 0.5) is 5.69 Å². The van der Waals surface area contributed by atoms with Crippen molar-refractivity contribution in [2.24, 2.45) is 0 Å². The maximum atomic E-state index is 13.0. The number of aromatic nitrogens is 5. The highest BCUT2D eigenvalue weighted by Crippen LogP contribution is 2.26. The number of pyridine rings is 2. The van der Waals surface area contributed by atoms with Crippen molar-refractivity contribution in [1.82, 2.24) is 24.7 Å². The summed E-state index contributed by atoms with van der Waals surface area (Å²) in [4.78, 5) is 25.0. The Morgan fingerprint density at radius 3 is 2.72 bits per heavy atom. The summed E-state index contributed by atoms with van der Waals surface area (Å²) in [6.45, 7) is 2.02. The van der Waals surface area contributed by atoms with E-state index in [0.29, 0.717) is 11.3 Å². The molecule has 0 atom stereocenters. The van der Waals surface area contributed by atoms with Crippen LogP contribution in [-0.4, -0.2) is 30.6 Å². The molecule has 0 aliphatic rings. The molecule has 6 aromatic rings. The molecule has 6 rings (SSSR count). The van der Waals surface area contributed by atoms with Crippen molar-refractivity contribution in [3.05, 3.63) is 115 Å². The number of aryl methyl sites for hydroxylation is 1. The SMILES string of the molecule is Cc1ccc(NC(=O)c2cccc(-c3ccccn3)c2)cc1-n1cc(-c2cnc3[nH]ccc3c2)cn1. The highest BCUT2D eigenvalue weighted by atomic mass is 16.1. The first kappa shape index (κ1) is 21.5. The number of H-pyrrole nitrogens is 1. The molecule has 2 aromatic carbocycles. The van der Waals surface area contributed by atoms with Gasteiger partial charge in [0.1, 0.15) is 5.65 Å². The average Bonchev–Trinajstić information content (AvgIpc) is 3.60. The van der Waals surface area contributed by atoms with Gasteiger partial charge in [-0.1, -0.05) is 24.3 Å². The number of nitrogens with zero attached hydrogens (tertiary/aromatic N) is 4. The molecule has 0 radical (unpaired) electrons. The number of anilines is 1. The molecule has 0 fully saturated rings. The summed E-state index contributed by atoms with van der Waals surface area (Å²) in [7, 11) is 0. The minimum Gasteiger partial charge on any atom is -0.346 e. The molecule has 4 heterocycles. The van der Waals surface area contributed by atoms with E-state index < -0.39 is 0 Å². The van der Waals surface area contributed by atoms with Crippen molar-refractivity contribution >= 4 is 22.6 Å². The largest absolute Gasteiger partial charge is 0.346 e. The number of hydrogen-bond donors (Lipinski definition) is 2. The molecule has 0 aliphatic heterocycles. The van der Waals surface area contributed by atoms with E-state index in [2.05, 4.69) is 31.4 Å². The van der Waals surface area contributed by atoms with Gasteiger partial charge in [-0.3, -0.25) is 9.78 Å². The zero-order valence-corrected chi connectivity index (χ0v) is 19.5. The standard InChI is InChI=1S/C29H22N6O/c1-19-8-9-25(34-29(36)22-6-4-5-20(13-22)26-7-2-3-11-30-26)15-27(19)35-18-24(17-33-35)23-14-21-10-12-31-28(21)32-16-23/h2-18H,1H3,(H,31,32)(H,34,36).